The van der Waals surface area contributed by atoms with E-state index in [0.29, 0.717) is 11.3 Å². The predicted octanol–water partition coefficient (Wildman–Crippen LogP) is 3.43. The van der Waals surface area contributed by atoms with E-state index in [1.165, 1.54) is 36.7 Å². The Bertz CT molecular complexity index is 686. The molecule has 1 atom stereocenters. The molecule has 0 spiro atoms. The topological polar surface area (TPSA) is 68.9 Å². The summed E-state index contributed by atoms with van der Waals surface area (Å²) in [5.74, 6) is -0.639. The van der Waals surface area contributed by atoms with Crippen LogP contribution in [-0.2, 0) is 5.54 Å². The number of pyridine rings is 1. The smallest absolute Gasteiger partial charge is 0.151 e. The first-order valence-corrected chi connectivity index (χ1v) is 6.12. The largest absolute Gasteiger partial charge is 0.506 e. The molecule has 0 saturated heterocycles. The lowest BCUT2D eigenvalue weighted by atomic mass is 9.93. The normalized spacial score (nSPS) is 13.3. The number of nitrogens with one attached hydrogen (secondary N) is 1. The van der Waals surface area contributed by atoms with Crippen molar-refractivity contribution in [3.63, 3.8) is 0 Å². The summed E-state index contributed by atoms with van der Waals surface area (Å²) >= 11 is 5.71. The van der Waals surface area contributed by atoms with Crippen molar-refractivity contribution in [3.8, 4) is 11.8 Å². The van der Waals surface area contributed by atoms with Gasteiger partial charge in [-0.1, -0.05) is 11.6 Å². The first kappa shape index (κ1) is 14.1. The molecule has 1 aromatic carbocycles. The second-order valence-corrected chi connectivity index (χ2v) is 4.79. The molecule has 1 unspecified atom stereocenters. The molecule has 4 nitrogen and oxygen atoms in total. The molecule has 0 aliphatic carbocycles. The van der Waals surface area contributed by atoms with Gasteiger partial charge in [-0.25, -0.2) is 4.39 Å². The molecule has 0 aliphatic rings. The lowest BCUT2D eigenvalue weighted by Gasteiger charge is -2.25. The molecule has 0 radical (unpaired) electrons. The summed E-state index contributed by atoms with van der Waals surface area (Å²) in [6, 6.07) is 7.67. The van der Waals surface area contributed by atoms with Gasteiger partial charge in [0.2, 0.25) is 0 Å². The highest BCUT2D eigenvalue weighted by molar-refractivity contribution is 6.31. The average Bonchev–Trinajstić information content (AvgIpc) is 2.43. The zero-order valence-electron chi connectivity index (χ0n) is 10.6. The number of hydrogen-bond acceptors (Lipinski definition) is 4. The molecule has 102 valence electrons. The van der Waals surface area contributed by atoms with Crippen molar-refractivity contribution < 1.29 is 9.50 Å². The van der Waals surface area contributed by atoms with Crippen LogP contribution in [0.1, 0.15) is 12.5 Å². The molecule has 0 amide bonds. The summed E-state index contributed by atoms with van der Waals surface area (Å²) in [5.41, 5.74) is -0.360. The minimum Gasteiger partial charge on any atom is -0.506 e. The van der Waals surface area contributed by atoms with Gasteiger partial charge >= 0.3 is 0 Å². The standard InChI is InChI=1S/C14H11ClFN3O/c1-14(8-17,10-4-5-18-7-13(10)20)19-9-2-3-12(16)11(15)6-9/h2-7,19-20H,1H3. The van der Waals surface area contributed by atoms with Gasteiger partial charge in [0.1, 0.15) is 11.6 Å². The van der Waals surface area contributed by atoms with Crippen LogP contribution in [0.4, 0.5) is 10.1 Å². The van der Waals surface area contributed by atoms with E-state index >= 15 is 0 Å². The second kappa shape index (κ2) is 5.35. The fourth-order valence-electron chi connectivity index (χ4n) is 1.83. The van der Waals surface area contributed by atoms with E-state index in [2.05, 4.69) is 16.4 Å². The maximum absolute atomic E-state index is 13.1. The summed E-state index contributed by atoms with van der Waals surface area (Å²) in [7, 11) is 0. The number of anilines is 1. The molecule has 0 bridgehead atoms. The highest BCUT2D eigenvalue weighted by Gasteiger charge is 2.29. The van der Waals surface area contributed by atoms with Gasteiger partial charge in [0.05, 0.1) is 17.3 Å². The van der Waals surface area contributed by atoms with Gasteiger partial charge in [0.25, 0.3) is 0 Å². The third kappa shape index (κ3) is 2.65. The van der Waals surface area contributed by atoms with Crippen LogP contribution in [0.15, 0.2) is 36.7 Å². The van der Waals surface area contributed by atoms with E-state index in [9.17, 15) is 14.8 Å². The van der Waals surface area contributed by atoms with Gasteiger partial charge in [-0.2, -0.15) is 5.26 Å². The minimum atomic E-state index is -1.20. The zero-order valence-corrected chi connectivity index (χ0v) is 11.3. The molecule has 0 aliphatic heterocycles. The lowest BCUT2D eigenvalue weighted by molar-refractivity contribution is 0.455. The van der Waals surface area contributed by atoms with E-state index in [-0.39, 0.29) is 10.8 Å². The van der Waals surface area contributed by atoms with Gasteiger partial charge in [0.15, 0.2) is 5.54 Å². The van der Waals surface area contributed by atoms with Gasteiger partial charge in [-0.3, -0.25) is 4.98 Å². The number of benzene rings is 1. The van der Waals surface area contributed by atoms with Gasteiger partial charge in [-0.05, 0) is 31.2 Å². The highest BCUT2D eigenvalue weighted by atomic mass is 35.5. The summed E-state index contributed by atoms with van der Waals surface area (Å²) in [4.78, 5) is 3.77. The van der Waals surface area contributed by atoms with Crippen molar-refractivity contribution in [2.75, 3.05) is 5.32 Å². The molecule has 2 rings (SSSR count). The number of halogens is 2. The second-order valence-electron chi connectivity index (χ2n) is 4.38. The van der Waals surface area contributed by atoms with E-state index in [4.69, 9.17) is 11.6 Å². The van der Waals surface area contributed by atoms with E-state index in [1.807, 2.05) is 0 Å². The first-order valence-electron chi connectivity index (χ1n) is 5.74. The van der Waals surface area contributed by atoms with Crippen LogP contribution in [0, 0.1) is 17.1 Å². The molecule has 20 heavy (non-hydrogen) atoms. The van der Waals surface area contributed by atoms with Crippen LogP contribution < -0.4 is 5.32 Å². The summed E-state index contributed by atoms with van der Waals surface area (Å²) < 4.78 is 13.1. The van der Waals surface area contributed by atoms with E-state index in [0.717, 1.165) is 0 Å². The Morgan fingerprint density at radius 1 is 1.45 bits per heavy atom. The Morgan fingerprint density at radius 2 is 2.20 bits per heavy atom. The number of nitriles is 1. The van der Waals surface area contributed by atoms with Crippen molar-refractivity contribution in [1.82, 2.24) is 4.98 Å². The average molecular weight is 292 g/mol. The highest BCUT2D eigenvalue weighted by Crippen LogP contribution is 2.32. The van der Waals surface area contributed by atoms with Crippen LogP contribution in [0.3, 0.4) is 0 Å². The SMILES string of the molecule is CC(C#N)(Nc1ccc(F)c(Cl)c1)c1ccncc1O. The van der Waals surface area contributed by atoms with Crippen molar-refractivity contribution >= 4 is 17.3 Å². The third-order valence-corrected chi connectivity index (χ3v) is 3.17. The maximum atomic E-state index is 13.1. The maximum Gasteiger partial charge on any atom is 0.151 e. The molecule has 0 fully saturated rings. The lowest BCUT2D eigenvalue weighted by Crippen LogP contribution is -2.30. The van der Waals surface area contributed by atoms with Crippen molar-refractivity contribution in [2.45, 2.75) is 12.5 Å². The number of rotatable bonds is 3. The van der Waals surface area contributed by atoms with Crippen molar-refractivity contribution in [3.05, 3.63) is 53.1 Å². The summed E-state index contributed by atoms with van der Waals surface area (Å²) in [6.07, 6.45) is 2.73. The Labute approximate surface area is 120 Å². The molecule has 2 aromatic rings. The number of nitrogens with zero attached hydrogens (tertiary/aromatic N) is 2. The van der Waals surface area contributed by atoms with Crippen molar-refractivity contribution in [1.29, 1.82) is 5.26 Å². The molecule has 6 heteroatoms. The Morgan fingerprint density at radius 3 is 2.80 bits per heavy atom. The van der Waals surface area contributed by atoms with Gasteiger partial charge < -0.3 is 10.4 Å². The summed E-state index contributed by atoms with van der Waals surface area (Å²) in [5, 5.41) is 22.1. The third-order valence-electron chi connectivity index (χ3n) is 2.88. The number of aromatic hydroxyl groups is 1. The monoisotopic (exact) mass is 291 g/mol. The van der Waals surface area contributed by atoms with Crippen LogP contribution in [0.5, 0.6) is 5.75 Å². The molecule has 1 aromatic heterocycles. The van der Waals surface area contributed by atoms with E-state index in [1.54, 1.807) is 6.92 Å². The first-order chi connectivity index (χ1) is 9.46. The fraction of sp³-hybridized carbons (Fsp3) is 0.143. The molecule has 0 saturated carbocycles. The molecule has 2 N–H and O–H groups in total. The Balaban J connectivity index is 2.40. The van der Waals surface area contributed by atoms with Crippen LogP contribution >= 0.6 is 11.6 Å². The minimum absolute atomic E-state index is 0.0470. The molecular weight excluding hydrogens is 281 g/mol. The predicted molar refractivity (Wildman–Crippen MR) is 73.9 cm³/mol. The Kier molecular flexibility index (Phi) is 3.77. The summed E-state index contributed by atoms with van der Waals surface area (Å²) in [6.45, 7) is 1.60. The van der Waals surface area contributed by atoms with Crippen LogP contribution in [-0.4, -0.2) is 10.1 Å². The molecule has 1 heterocycles. The number of hydrogen-bond donors (Lipinski definition) is 2. The fourth-order valence-corrected chi connectivity index (χ4v) is 2.01. The van der Waals surface area contributed by atoms with Gasteiger partial charge in [-0.15, -0.1) is 0 Å². The number of aromatic nitrogens is 1. The zero-order chi connectivity index (χ0) is 14.8. The van der Waals surface area contributed by atoms with Gasteiger partial charge in [0, 0.05) is 17.4 Å². The van der Waals surface area contributed by atoms with Crippen molar-refractivity contribution in [2.24, 2.45) is 0 Å². The van der Waals surface area contributed by atoms with E-state index < -0.39 is 11.4 Å². The molecular formula is C14H11ClFN3O. The van der Waals surface area contributed by atoms with Crippen LogP contribution in [0.25, 0.3) is 0 Å². The quantitative estimate of drug-likeness (QED) is 0.909. The van der Waals surface area contributed by atoms with Crippen LogP contribution in [0.2, 0.25) is 5.02 Å². The Hall–Kier alpha value is -2.32.